The van der Waals surface area contributed by atoms with Gasteiger partial charge in [0.2, 0.25) is 5.88 Å². The molecule has 1 atom stereocenters. The number of hydrogen-bond acceptors (Lipinski definition) is 7. The maximum atomic E-state index is 12.5. The van der Waals surface area contributed by atoms with Gasteiger partial charge >= 0.3 is 5.97 Å². The molecule has 31 heavy (non-hydrogen) atoms. The fraction of sp³-hybridized carbons (Fsp3) is 0.250. The zero-order chi connectivity index (χ0) is 22.5. The Morgan fingerprint density at radius 1 is 1.16 bits per heavy atom. The number of nitrogens with zero attached hydrogens (tertiary/aromatic N) is 1. The van der Waals surface area contributed by atoms with Crippen molar-refractivity contribution in [1.82, 2.24) is 0 Å². The molecule has 0 aliphatic carbocycles. The largest absolute Gasteiger partial charge is 0.496 e. The van der Waals surface area contributed by atoms with Crippen LogP contribution in [-0.2, 0) is 20.9 Å². The van der Waals surface area contributed by atoms with Crippen LogP contribution in [0.5, 0.6) is 11.5 Å². The number of esters is 1. The Hall–Kier alpha value is -3.92. The smallest absolute Gasteiger partial charge is 0.338 e. The number of benzene rings is 2. The minimum Gasteiger partial charge on any atom is -0.496 e. The van der Waals surface area contributed by atoms with Crippen molar-refractivity contribution in [1.29, 1.82) is 5.26 Å². The third-order valence-electron chi connectivity index (χ3n) is 5.06. The molecule has 7 heteroatoms. The molecule has 0 saturated heterocycles. The second-order valence-electron chi connectivity index (χ2n) is 7.06. The van der Waals surface area contributed by atoms with Crippen molar-refractivity contribution >= 4 is 5.97 Å². The average Bonchev–Trinajstić information content (AvgIpc) is 2.77. The van der Waals surface area contributed by atoms with E-state index in [-0.39, 0.29) is 23.6 Å². The topological polar surface area (TPSA) is 104 Å². The van der Waals surface area contributed by atoms with E-state index in [0.717, 1.165) is 16.9 Å². The van der Waals surface area contributed by atoms with Crippen LogP contribution in [0, 0.1) is 18.3 Å². The minimum atomic E-state index is -0.727. The van der Waals surface area contributed by atoms with Gasteiger partial charge in [-0.05, 0) is 43.7 Å². The number of carbonyl (C=O) groups excluding carboxylic acids is 1. The number of carbonyl (C=O) groups is 1. The Bertz CT molecular complexity index is 1090. The second-order valence-corrected chi connectivity index (χ2v) is 7.06. The fourth-order valence-corrected chi connectivity index (χ4v) is 3.48. The quantitative estimate of drug-likeness (QED) is 0.708. The summed E-state index contributed by atoms with van der Waals surface area (Å²) in [4.78, 5) is 12.5. The lowest BCUT2D eigenvalue weighted by atomic mass is 9.82. The van der Waals surface area contributed by atoms with Crippen LogP contribution in [0.15, 0.2) is 65.3 Å². The van der Waals surface area contributed by atoms with Crippen molar-refractivity contribution in [2.24, 2.45) is 5.73 Å². The molecule has 0 radical (unpaired) electrons. The highest BCUT2D eigenvalue weighted by Crippen LogP contribution is 2.40. The Kier molecular flexibility index (Phi) is 6.51. The highest BCUT2D eigenvalue weighted by atomic mass is 16.5. The van der Waals surface area contributed by atoms with Crippen LogP contribution in [-0.4, -0.2) is 20.2 Å². The van der Waals surface area contributed by atoms with Crippen molar-refractivity contribution < 1.29 is 23.7 Å². The third-order valence-corrected chi connectivity index (χ3v) is 5.06. The molecular weight excluding hydrogens is 396 g/mol. The predicted molar refractivity (Wildman–Crippen MR) is 114 cm³/mol. The van der Waals surface area contributed by atoms with Crippen molar-refractivity contribution in [2.45, 2.75) is 26.4 Å². The monoisotopic (exact) mass is 420 g/mol. The summed E-state index contributed by atoms with van der Waals surface area (Å²) < 4.78 is 21.8. The first-order chi connectivity index (χ1) is 14.9. The number of ether oxygens (including phenoxy) is 4. The van der Waals surface area contributed by atoms with E-state index < -0.39 is 11.9 Å². The third kappa shape index (κ3) is 4.48. The summed E-state index contributed by atoms with van der Waals surface area (Å²) in [6, 6.07) is 15.2. The Morgan fingerprint density at radius 3 is 2.48 bits per heavy atom. The molecule has 0 fully saturated rings. The summed E-state index contributed by atoms with van der Waals surface area (Å²) in [6.45, 7) is 3.86. The number of methoxy groups -OCH3 is 2. The molecule has 1 aliphatic heterocycles. The van der Waals surface area contributed by atoms with E-state index in [1.54, 1.807) is 26.2 Å². The fourth-order valence-electron chi connectivity index (χ4n) is 3.48. The number of nitrogens with two attached hydrogens (primary N) is 1. The molecule has 0 spiro atoms. The zero-order valence-corrected chi connectivity index (χ0v) is 17.9. The highest BCUT2D eigenvalue weighted by Gasteiger charge is 2.36. The number of rotatable bonds is 6. The van der Waals surface area contributed by atoms with E-state index in [1.165, 1.54) is 7.11 Å². The van der Waals surface area contributed by atoms with Crippen molar-refractivity contribution in [2.75, 3.05) is 14.2 Å². The maximum absolute atomic E-state index is 12.5. The standard InChI is InChI=1S/C24H24N2O5/c1-14-5-8-18(9-6-14)30-13-17-11-16(7-10-20(17)28-3)22-19(12-25)23(26)31-15(2)21(22)24(27)29-4/h5-11,22H,13,26H2,1-4H3. The first-order valence-electron chi connectivity index (χ1n) is 9.62. The Labute approximate surface area is 181 Å². The molecule has 0 bridgehead atoms. The van der Waals surface area contributed by atoms with E-state index in [9.17, 15) is 10.1 Å². The minimum absolute atomic E-state index is 0.0362. The number of hydrogen-bond donors (Lipinski definition) is 1. The van der Waals surface area contributed by atoms with Gasteiger partial charge in [-0.3, -0.25) is 0 Å². The summed E-state index contributed by atoms with van der Waals surface area (Å²) in [5.74, 6) is 0.287. The normalized spacial score (nSPS) is 15.8. The Morgan fingerprint density at radius 2 is 1.87 bits per heavy atom. The lowest BCUT2D eigenvalue weighted by molar-refractivity contribution is -0.136. The van der Waals surface area contributed by atoms with Crippen LogP contribution in [0.25, 0.3) is 0 Å². The molecule has 2 N–H and O–H groups in total. The van der Waals surface area contributed by atoms with E-state index in [0.29, 0.717) is 17.1 Å². The van der Waals surface area contributed by atoms with Crippen LogP contribution in [0.4, 0.5) is 0 Å². The predicted octanol–water partition coefficient (Wildman–Crippen LogP) is 3.84. The van der Waals surface area contributed by atoms with Gasteiger partial charge in [-0.1, -0.05) is 23.8 Å². The van der Waals surface area contributed by atoms with Gasteiger partial charge in [-0.2, -0.15) is 5.26 Å². The van der Waals surface area contributed by atoms with Crippen molar-refractivity contribution in [3.63, 3.8) is 0 Å². The lowest BCUT2D eigenvalue weighted by Gasteiger charge is -2.27. The molecule has 0 aromatic heterocycles. The molecule has 1 aliphatic rings. The van der Waals surface area contributed by atoms with Crippen LogP contribution in [0.1, 0.15) is 29.5 Å². The van der Waals surface area contributed by atoms with Gasteiger partial charge < -0.3 is 24.7 Å². The van der Waals surface area contributed by atoms with E-state index >= 15 is 0 Å². The highest BCUT2D eigenvalue weighted by molar-refractivity contribution is 5.92. The van der Waals surface area contributed by atoms with Crippen LogP contribution in [0.2, 0.25) is 0 Å². The summed E-state index contributed by atoms with van der Waals surface area (Å²) >= 11 is 0. The van der Waals surface area contributed by atoms with E-state index in [4.69, 9.17) is 24.7 Å². The summed E-state index contributed by atoms with van der Waals surface area (Å²) in [7, 11) is 2.85. The van der Waals surface area contributed by atoms with Gasteiger partial charge in [0.25, 0.3) is 0 Å². The van der Waals surface area contributed by atoms with Crippen LogP contribution >= 0.6 is 0 Å². The molecular formula is C24H24N2O5. The molecule has 1 heterocycles. The lowest BCUT2D eigenvalue weighted by Crippen LogP contribution is -2.25. The van der Waals surface area contributed by atoms with E-state index in [1.807, 2.05) is 37.3 Å². The van der Waals surface area contributed by atoms with Crippen LogP contribution in [0.3, 0.4) is 0 Å². The van der Waals surface area contributed by atoms with Crippen molar-refractivity contribution in [3.05, 3.63) is 81.9 Å². The second kappa shape index (κ2) is 9.26. The molecule has 0 saturated carbocycles. The van der Waals surface area contributed by atoms with E-state index in [2.05, 4.69) is 6.07 Å². The SMILES string of the molecule is COC(=O)C1=C(C)OC(N)=C(C#N)C1c1ccc(OC)c(COc2ccc(C)cc2)c1. The molecule has 2 aromatic carbocycles. The molecule has 0 amide bonds. The van der Waals surface area contributed by atoms with Gasteiger partial charge in [-0.25, -0.2) is 4.79 Å². The Balaban J connectivity index is 2.02. The summed E-state index contributed by atoms with van der Waals surface area (Å²) in [6.07, 6.45) is 0. The molecule has 160 valence electrons. The molecule has 7 nitrogen and oxygen atoms in total. The zero-order valence-electron chi connectivity index (χ0n) is 17.9. The van der Waals surface area contributed by atoms with Gasteiger partial charge in [0, 0.05) is 5.56 Å². The maximum Gasteiger partial charge on any atom is 0.338 e. The summed E-state index contributed by atoms with van der Waals surface area (Å²) in [5, 5.41) is 9.70. The number of nitriles is 1. The first-order valence-corrected chi connectivity index (χ1v) is 9.62. The van der Waals surface area contributed by atoms with Crippen molar-refractivity contribution in [3.8, 4) is 17.6 Å². The number of allylic oxidation sites excluding steroid dienone is 2. The molecule has 2 aromatic rings. The van der Waals surface area contributed by atoms with Gasteiger partial charge in [0.05, 0.1) is 25.7 Å². The van der Waals surface area contributed by atoms with Gasteiger partial charge in [-0.15, -0.1) is 0 Å². The van der Waals surface area contributed by atoms with Gasteiger partial charge in [0.15, 0.2) is 0 Å². The number of aryl methyl sites for hydroxylation is 1. The summed E-state index contributed by atoms with van der Waals surface area (Å²) in [5.41, 5.74) is 8.88. The molecule has 1 unspecified atom stereocenters. The average molecular weight is 420 g/mol. The van der Waals surface area contributed by atoms with Gasteiger partial charge in [0.1, 0.15) is 35.5 Å². The molecule has 3 rings (SSSR count). The first kappa shape index (κ1) is 21.8. The van der Waals surface area contributed by atoms with Crippen LogP contribution < -0.4 is 15.2 Å².